The van der Waals surface area contributed by atoms with Gasteiger partial charge in [-0.3, -0.25) is 0 Å². The van der Waals surface area contributed by atoms with Gasteiger partial charge in [-0.25, -0.2) is 14.6 Å². The van der Waals surface area contributed by atoms with Gasteiger partial charge in [0.05, 0.1) is 13.2 Å². The third kappa shape index (κ3) is 3.68. The van der Waals surface area contributed by atoms with Crippen LogP contribution in [-0.2, 0) is 9.47 Å². The monoisotopic (exact) mass is 436 g/mol. The molecular formula is C23H20N2O5S. The van der Waals surface area contributed by atoms with Gasteiger partial charge < -0.3 is 19.5 Å². The number of aromatic nitrogens is 1. The van der Waals surface area contributed by atoms with Gasteiger partial charge in [-0.1, -0.05) is 48.5 Å². The molecule has 1 saturated heterocycles. The molecule has 2 heterocycles. The first-order chi connectivity index (χ1) is 15.1. The average Bonchev–Trinajstić information content (AvgIpc) is 3.42. The number of benzene rings is 2. The number of thiazole rings is 1. The minimum atomic E-state index is -1.08. The van der Waals surface area contributed by atoms with Gasteiger partial charge in [0.1, 0.15) is 17.7 Å². The first kappa shape index (κ1) is 19.7. The molecule has 1 amide bonds. The molecule has 5 rings (SSSR count). The predicted molar refractivity (Wildman–Crippen MR) is 114 cm³/mol. The second kappa shape index (κ2) is 8.13. The normalized spacial score (nSPS) is 17.8. The molecule has 1 aromatic heterocycles. The summed E-state index contributed by atoms with van der Waals surface area (Å²) in [5.74, 6) is -1.07. The first-order valence-corrected chi connectivity index (χ1v) is 10.9. The number of hydrogen-bond donors (Lipinski definition) is 1. The van der Waals surface area contributed by atoms with E-state index in [1.54, 1.807) is 4.90 Å². The van der Waals surface area contributed by atoms with Crippen LogP contribution in [0.5, 0.6) is 0 Å². The number of morpholine rings is 1. The molecule has 31 heavy (non-hydrogen) atoms. The van der Waals surface area contributed by atoms with Gasteiger partial charge in [0.2, 0.25) is 0 Å². The molecule has 1 aliphatic carbocycles. The van der Waals surface area contributed by atoms with E-state index in [1.807, 2.05) is 24.3 Å². The summed E-state index contributed by atoms with van der Waals surface area (Å²) >= 11 is 1.22. The Morgan fingerprint density at radius 2 is 1.81 bits per heavy atom. The number of amides is 1. The standard InChI is InChI=1S/C23H20N2O5S/c26-22(27)19-13-31-21(24-19)20-11-25(9-10-29-20)23(28)30-12-18-16-7-3-1-5-14(16)15-6-2-4-8-17(15)18/h1-8,13,18,20H,9-12H2,(H,26,27). The molecule has 0 bridgehead atoms. The molecule has 7 nitrogen and oxygen atoms in total. The van der Waals surface area contributed by atoms with Gasteiger partial charge >= 0.3 is 12.1 Å². The topological polar surface area (TPSA) is 89.0 Å². The van der Waals surface area contributed by atoms with E-state index >= 15 is 0 Å². The van der Waals surface area contributed by atoms with Crippen molar-refractivity contribution in [2.45, 2.75) is 12.0 Å². The molecule has 2 aromatic carbocycles. The summed E-state index contributed by atoms with van der Waals surface area (Å²) in [4.78, 5) is 29.6. The number of carbonyl (C=O) groups is 2. The van der Waals surface area contributed by atoms with Gasteiger partial charge in [0, 0.05) is 17.8 Å². The number of carbonyl (C=O) groups excluding carboxylic acids is 1. The van der Waals surface area contributed by atoms with Crippen molar-refractivity contribution in [1.82, 2.24) is 9.88 Å². The second-order valence-electron chi connectivity index (χ2n) is 7.49. The number of hydrogen-bond acceptors (Lipinski definition) is 6. The summed E-state index contributed by atoms with van der Waals surface area (Å²) in [5.41, 5.74) is 4.69. The third-order valence-corrected chi connectivity index (χ3v) is 6.61. The predicted octanol–water partition coefficient (Wildman–Crippen LogP) is 4.16. The lowest BCUT2D eigenvalue weighted by Crippen LogP contribution is -2.42. The summed E-state index contributed by atoms with van der Waals surface area (Å²) in [6.07, 6.45) is -0.850. The zero-order chi connectivity index (χ0) is 21.4. The van der Waals surface area contributed by atoms with Crippen molar-refractivity contribution in [2.75, 3.05) is 26.3 Å². The van der Waals surface area contributed by atoms with E-state index in [-0.39, 0.29) is 24.8 Å². The largest absolute Gasteiger partial charge is 0.476 e. The van der Waals surface area contributed by atoms with Crippen LogP contribution in [0.2, 0.25) is 0 Å². The highest BCUT2D eigenvalue weighted by molar-refractivity contribution is 7.09. The lowest BCUT2D eigenvalue weighted by Gasteiger charge is -2.31. The van der Waals surface area contributed by atoms with E-state index in [9.17, 15) is 9.59 Å². The molecule has 1 atom stereocenters. The molecule has 8 heteroatoms. The molecule has 1 N–H and O–H groups in total. The zero-order valence-corrected chi connectivity index (χ0v) is 17.4. The van der Waals surface area contributed by atoms with E-state index in [2.05, 4.69) is 29.2 Å². The lowest BCUT2D eigenvalue weighted by atomic mass is 9.98. The van der Waals surface area contributed by atoms with Gasteiger partial charge in [0.25, 0.3) is 0 Å². The number of rotatable bonds is 4. The van der Waals surface area contributed by atoms with E-state index in [1.165, 1.54) is 39.0 Å². The molecule has 1 unspecified atom stereocenters. The van der Waals surface area contributed by atoms with Crippen molar-refractivity contribution in [3.05, 3.63) is 75.7 Å². The Hall–Kier alpha value is -3.23. The molecule has 0 radical (unpaired) electrons. The molecule has 3 aromatic rings. The molecular weight excluding hydrogens is 416 g/mol. The van der Waals surface area contributed by atoms with Crippen molar-refractivity contribution in [3.63, 3.8) is 0 Å². The van der Waals surface area contributed by atoms with Gasteiger partial charge in [-0.05, 0) is 22.3 Å². The fourth-order valence-corrected chi connectivity index (χ4v) is 5.01. The van der Waals surface area contributed by atoms with Crippen LogP contribution >= 0.6 is 11.3 Å². The van der Waals surface area contributed by atoms with Crippen LogP contribution in [-0.4, -0.2) is 53.4 Å². The Labute approximate surface area is 182 Å². The number of carboxylic acid groups (broad SMARTS) is 1. The fraction of sp³-hybridized carbons (Fsp3) is 0.261. The highest BCUT2D eigenvalue weighted by atomic mass is 32.1. The fourth-order valence-electron chi connectivity index (χ4n) is 4.18. The average molecular weight is 436 g/mol. The molecule has 2 aliphatic rings. The van der Waals surface area contributed by atoms with Crippen molar-refractivity contribution in [1.29, 1.82) is 0 Å². The maximum absolute atomic E-state index is 12.8. The third-order valence-electron chi connectivity index (χ3n) is 5.68. The van der Waals surface area contributed by atoms with Crippen molar-refractivity contribution >= 4 is 23.4 Å². The van der Waals surface area contributed by atoms with Gasteiger partial charge in [-0.15, -0.1) is 11.3 Å². The Bertz CT molecular complexity index is 1100. The Balaban J connectivity index is 1.27. The van der Waals surface area contributed by atoms with Crippen LogP contribution < -0.4 is 0 Å². The molecule has 1 aliphatic heterocycles. The van der Waals surface area contributed by atoms with E-state index in [0.29, 0.717) is 18.2 Å². The summed E-state index contributed by atoms with van der Waals surface area (Å²) in [7, 11) is 0. The smallest absolute Gasteiger partial charge is 0.409 e. The Morgan fingerprint density at radius 3 is 2.45 bits per heavy atom. The van der Waals surface area contributed by atoms with Crippen molar-refractivity contribution < 1.29 is 24.2 Å². The SMILES string of the molecule is O=C(O)c1csc(C2CN(C(=O)OCC3c4ccccc4-c4ccccc43)CCO2)n1. The quantitative estimate of drug-likeness (QED) is 0.661. The minimum absolute atomic E-state index is 0.00488. The van der Waals surface area contributed by atoms with Gasteiger partial charge in [-0.2, -0.15) is 0 Å². The highest BCUT2D eigenvalue weighted by Crippen LogP contribution is 2.44. The van der Waals surface area contributed by atoms with Crippen LogP contribution in [0.25, 0.3) is 11.1 Å². The summed E-state index contributed by atoms with van der Waals surface area (Å²) in [6.45, 7) is 1.31. The van der Waals surface area contributed by atoms with E-state index in [4.69, 9.17) is 14.6 Å². The number of carboxylic acids is 1. The summed E-state index contributed by atoms with van der Waals surface area (Å²) in [5, 5.41) is 11.1. The zero-order valence-electron chi connectivity index (χ0n) is 16.6. The lowest BCUT2D eigenvalue weighted by molar-refractivity contribution is -0.0289. The van der Waals surface area contributed by atoms with Crippen LogP contribution in [0.3, 0.4) is 0 Å². The number of fused-ring (bicyclic) bond motifs is 3. The van der Waals surface area contributed by atoms with Crippen LogP contribution in [0.4, 0.5) is 4.79 Å². The molecule has 158 valence electrons. The Kier molecular flexibility index (Phi) is 5.17. The molecule has 0 saturated carbocycles. The second-order valence-corrected chi connectivity index (χ2v) is 8.38. The van der Waals surface area contributed by atoms with Crippen LogP contribution in [0, 0.1) is 0 Å². The van der Waals surface area contributed by atoms with Crippen LogP contribution in [0.1, 0.15) is 38.6 Å². The van der Waals surface area contributed by atoms with Crippen molar-refractivity contribution in [2.24, 2.45) is 0 Å². The maximum atomic E-state index is 12.8. The van der Waals surface area contributed by atoms with Crippen molar-refractivity contribution in [3.8, 4) is 11.1 Å². The number of aromatic carboxylic acids is 1. The Morgan fingerprint density at radius 1 is 1.13 bits per heavy atom. The minimum Gasteiger partial charge on any atom is -0.476 e. The number of ether oxygens (including phenoxy) is 2. The van der Waals surface area contributed by atoms with E-state index in [0.717, 1.165) is 0 Å². The van der Waals surface area contributed by atoms with Crippen LogP contribution in [0.15, 0.2) is 53.9 Å². The first-order valence-electron chi connectivity index (χ1n) is 10.0. The van der Waals surface area contributed by atoms with E-state index < -0.39 is 18.2 Å². The highest BCUT2D eigenvalue weighted by Gasteiger charge is 2.32. The summed E-state index contributed by atoms with van der Waals surface area (Å²) in [6, 6.07) is 16.4. The molecule has 0 spiro atoms. The number of nitrogens with zero attached hydrogens (tertiary/aromatic N) is 2. The maximum Gasteiger partial charge on any atom is 0.409 e. The summed E-state index contributed by atoms with van der Waals surface area (Å²) < 4.78 is 11.4. The van der Waals surface area contributed by atoms with Gasteiger partial charge in [0.15, 0.2) is 5.69 Å². The molecule has 1 fully saturated rings.